The van der Waals surface area contributed by atoms with Gasteiger partial charge in [-0.25, -0.2) is 0 Å². The molecule has 0 saturated heterocycles. The lowest BCUT2D eigenvalue weighted by molar-refractivity contribution is -0.143. The van der Waals surface area contributed by atoms with E-state index in [1.165, 1.54) is 0 Å². The Bertz CT molecular complexity index is 128. The van der Waals surface area contributed by atoms with Crippen molar-refractivity contribution in [3.05, 3.63) is 0 Å². The average Bonchev–Trinajstić information content (AvgIpc) is 1.97. The molecule has 0 aromatic carbocycles. The van der Waals surface area contributed by atoms with Gasteiger partial charge in [0.05, 0.1) is 17.6 Å². The molecule has 0 aliphatic carbocycles. The number of unbranched alkanes of at least 4 members (excludes halogenated alkanes) is 1. The molecular weight excluding hydrogens is 196 g/mol. The average molecular weight is 210 g/mol. The predicted octanol–water partition coefficient (Wildman–Crippen LogP) is 0.878. The maximum Gasteiger partial charge on any atom is 0.307 e. The zero-order chi connectivity index (χ0) is 9.40. The van der Waals surface area contributed by atoms with E-state index < -0.39 is 0 Å². The highest BCUT2D eigenvalue weighted by Gasteiger charge is 2.05. The van der Waals surface area contributed by atoms with Crippen LogP contribution in [0.4, 0.5) is 0 Å². The van der Waals surface area contributed by atoms with Crippen molar-refractivity contribution in [2.45, 2.75) is 23.8 Å². The molecule has 0 saturated carbocycles. The van der Waals surface area contributed by atoms with E-state index in [-0.39, 0.29) is 23.6 Å². The third-order valence-electron chi connectivity index (χ3n) is 1.16. The molecule has 12 heavy (non-hydrogen) atoms. The highest BCUT2D eigenvalue weighted by molar-refractivity contribution is 7.99. The molecule has 0 radical (unpaired) electrons. The van der Waals surface area contributed by atoms with Crippen LogP contribution in [0.25, 0.3) is 0 Å². The van der Waals surface area contributed by atoms with Crippen molar-refractivity contribution in [2.24, 2.45) is 0 Å². The summed E-state index contributed by atoms with van der Waals surface area (Å²) in [6.45, 7) is 0.507. The molecule has 0 amide bonds. The van der Waals surface area contributed by atoms with Crippen LogP contribution < -0.4 is 0 Å². The molecule has 0 fully saturated rings. The predicted molar refractivity (Wildman–Crippen MR) is 53.7 cm³/mol. The highest BCUT2D eigenvalue weighted by Crippen LogP contribution is 2.06. The molecule has 0 aliphatic heterocycles. The maximum absolute atomic E-state index is 10.8. The summed E-state index contributed by atoms with van der Waals surface area (Å²) in [7, 11) is 0. The first-order chi connectivity index (χ1) is 5.66. The number of hydrogen-bond donors (Lipinski definition) is 3. The maximum atomic E-state index is 10.8. The zero-order valence-corrected chi connectivity index (χ0v) is 8.56. The molecule has 0 rings (SSSR count). The molecule has 0 bridgehead atoms. The molecule has 0 aliphatic rings. The van der Waals surface area contributed by atoms with Gasteiger partial charge >= 0.3 is 5.97 Å². The molecular formula is C7H14O3S2. The molecule has 1 N–H and O–H groups in total. The van der Waals surface area contributed by atoms with Crippen LogP contribution in [0.5, 0.6) is 0 Å². The van der Waals surface area contributed by atoms with E-state index >= 15 is 0 Å². The van der Waals surface area contributed by atoms with Gasteiger partial charge in [-0.1, -0.05) is 0 Å². The van der Waals surface area contributed by atoms with E-state index in [2.05, 4.69) is 25.3 Å². The summed E-state index contributed by atoms with van der Waals surface area (Å²) in [5.41, 5.74) is 0. The highest BCUT2D eigenvalue weighted by atomic mass is 32.2. The van der Waals surface area contributed by atoms with Crippen molar-refractivity contribution >= 4 is 31.2 Å². The third kappa shape index (κ3) is 8.23. The SMILES string of the molecule is O=C(CC(S)S)OCCCCO. The Balaban J connectivity index is 3.20. The van der Waals surface area contributed by atoms with Crippen LogP contribution in [0.3, 0.4) is 0 Å². The van der Waals surface area contributed by atoms with E-state index in [4.69, 9.17) is 9.84 Å². The summed E-state index contributed by atoms with van der Waals surface area (Å²) in [4.78, 5) is 10.8. The minimum Gasteiger partial charge on any atom is -0.466 e. The fraction of sp³-hybridized carbons (Fsp3) is 0.857. The van der Waals surface area contributed by atoms with Gasteiger partial charge in [-0.2, -0.15) is 25.3 Å². The normalized spacial score (nSPS) is 10.3. The molecule has 72 valence electrons. The Morgan fingerprint density at radius 3 is 2.58 bits per heavy atom. The van der Waals surface area contributed by atoms with E-state index in [1.54, 1.807) is 0 Å². The van der Waals surface area contributed by atoms with Gasteiger partial charge in [0, 0.05) is 6.61 Å². The van der Waals surface area contributed by atoms with E-state index in [1.807, 2.05) is 0 Å². The summed E-state index contributed by atoms with van der Waals surface area (Å²) in [5.74, 6) is -0.289. The summed E-state index contributed by atoms with van der Waals surface area (Å²) in [6.07, 6.45) is 1.58. The van der Waals surface area contributed by atoms with Crippen LogP contribution in [0.15, 0.2) is 0 Å². The third-order valence-corrected chi connectivity index (χ3v) is 1.53. The van der Waals surface area contributed by atoms with Crippen LogP contribution in [-0.2, 0) is 9.53 Å². The molecule has 0 unspecified atom stereocenters. The van der Waals surface area contributed by atoms with Gasteiger partial charge in [0.2, 0.25) is 0 Å². The smallest absolute Gasteiger partial charge is 0.307 e. The van der Waals surface area contributed by atoms with Gasteiger partial charge in [-0.3, -0.25) is 4.79 Å². The van der Waals surface area contributed by atoms with Crippen molar-refractivity contribution < 1.29 is 14.6 Å². The van der Waals surface area contributed by atoms with Gasteiger partial charge in [-0.15, -0.1) is 0 Å². The number of esters is 1. The minimum absolute atomic E-state index is 0.138. The fourth-order valence-corrected chi connectivity index (χ4v) is 0.906. The van der Waals surface area contributed by atoms with Crippen molar-refractivity contribution in [1.29, 1.82) is 0 Å². The van der Waals surface area contributed by atoms with Crippen molar-refractivity contribution in [1.82, 2.24) is 0 Å². The summed E-state index contributed by atoms with van der Waals surface area (Å²) < 4.78 is 4.55. The second kappa shape index (κ2) is 7.76. The van der Waals surface area contributed by atoms with Gasteiger partial charge < -0.3 is 9.84 Å². The Morgan fingerprint density at radius 1 is 1.42 bits per heavy atom. The largest absolute Gasteiger partial charge is 0.466 e. The lowest BCUT2D eigenvalue weighted by Gasteiger charge is -2.04. The fourth-order valence-electron chi connectivity index (χ4n) is 0.608. The van der Waals surface area contributed by atoms with Gasteiger partial charge in [0.25, 0.3) is 0 Å². The van der Waals surface area contributed by atoms with Crippen LogP contribution in [-0.4, -0.2) is 28.9 Å². The van der Waals surface area contributed by atoms with Crippen LogP contribution in [0.1, 0.15) is 19.3 Å². The summed E-state index contributed by atoms with van der Waals surface area (Å²) in [6, 6.07) is 0. The van der Waals surface area contributed by atoms with Gasteiger partial charge in [0.1, 0.15) is 0 Å². The van der Waals surface area contributed by atoms with E-state index in [0.717, 1.165) is 0 Å². The Morgan fingerprint density at radius 2 is 2.08 bits per heavy atom. The van der Waals surface area contributed by atoms with Gasteiger partial charge in [0.15, 0.2) is 0 Å². The molecule has 0 aromatic heterocycles. The standard InChI is InChI=1S/C7H14O3S2/c8-3-1-2-4-10-6(9)5-7(11)12/h7-8,11-12H,1-5H2. The molecule has 0 aromatic rings. The molecule has 0 atom stereocenters. The molecule has 5 heteroatoms. The Kier molecular flexibility index (Phi) is 7.85. The van der Waals surface area contributed by atoms with E-state index in [9.17, 15) is 4.79 Å². The minimum atomic E-state index is -0.289. The second-order valence-corrected chi connectivity index (χ2v) is 3.99. The number of ether oxygens (including phenoxy) is 1. The van der Waals surface area contributed by atoms with Crippen molar-refractivity contribution in [3.8, 4) is 0 Å². The first kappa shape index (κ1) is 12.1. The molecule has 0 spiro atoms. The van der Waals surface area contributed by atoms with Crippen LogP contribution >= 0.6 is 25.3 Å². The van der Waals surface area contributed by atoms with Crippen LogP contribution in [0, 0.1) is 0 Å². The number of carbonyl (C=O) groups is 1. The van der Waals surface area contributed by atoms with Gasteiger partial charge in [-0.05, 0) is 12.8 Å². The number of aliphatic hydroxyl groups excluding tert-OH is 1. The topological polar surface area (TPSA) is 46.5 Å². The monoisotopic (exact) mass is 210 g/mol. The first-order valence-corrected chi connectivity index (χ1v) is 4.82. The number of rotatable bonds is 6. The molecule has 0 heterocycles. The summed E-state index contributed by atoms with van der Waals surface area (Å²) in [5, 5.41) is 8.41. The number of thiol groups is 2. The van der Waals surface area contributed by atoms with Crippen molar-refractivity contribution in [2.75, 3.05) is 13.2 Å². The zero-order valence-electron chi connectivity index (χ0n) is 6.77. The van der Waals surface area contributed by atoms with Crippen LogP contribution in [0.2, 0.25) is 0 Å². The molecule has 3 nitrogen and oxygen atoms in total. The first-order valence-electron chi connectivity index (χ1n) is 3.79. The number of carbonyl (C=O) groups excluding carboxylic acids is 1. The quantitative estimate of drug-likeness (QED) is 0.264. The van der Waals surface area contributed by atoms with E-state index in [0.29, 0.717) is 19.4 Å². The second-order valence-electron chi connectivity index (χ2n) is 2.34. The lowest BCUT2D eigenvalue weighted by atomic mass is 10.3. The summed E-state index contributed by atoms with van der Waals surface area (Å²) >= 11 is 7.85. The number of aliphatic hydroxyl groups is 1. The lowest BCUT2D eigenvalue weighted by Crippen LogP contribution is -2.09. The van der Waals surface area contributed by atoms with Crippen molar-refractivity contribution in [3.63, 3.8) is 0 Å². The Labute approximate surface area is 83.3 Å². The Hall–Kier alpha value is 0.130. The number of hydrogen-bond acceptors (Lipinski definition) is 5.